The number of nitrogens with zero attached hydrogens (tertiary/aromatic N) is 2. The van der Waals surface area contributed by atoms with Gasteiger partial charge >= 0.3 is 0 Å². The molecule has 2 aromatic heterocycles. The molecule has 4 nitrogen and oxygen atoms in total. The Kier molecular flexibility index (Phi) is 2.74. The van der Waals surface area contributed by atoms with E-state index < -0.39 is 0 Å². The van der Waals surface area contributed by atoms with Gasteiger partial charge in [-0.3, -0.25) is 14.1 Å². The molecule has 1 unspecified atom stereocenters. The second-order valence-electron chi connectivity index (χ2n) is 5.32. The van der Waals surface area contributed by atoms with Crippen molar-refractivity contribution in [2.24, 2.45) is 0 Å². The summed E-state index contributed by atoms with van der Waals surface area (Å²) in [5.41, 5.74) is 2.07. The number of pyridine rings is 1. The van der Waals surface area contributed by atoms with Gasteiger partial charge in [-0.25, -0.2) is 0 Å². The van der Waals surface area contributed by atoms with E-state index in [1.807, 2.05) is 12.3 Å². The molecule has 0 radical (unpaired) electrons. The Balaban J connectivity index is 2.04. The van der Waals surface area contributed by atoms with Gasteiger partial charge in [-0.15, -0.1) is 0 Å². The first-order valence-electron chi connectivity index (χ1n) is 6.63. The van der Waals surface area contributed by atoms with Gasteiger partial charge in [-0.1, -0.05) is 6.07 Å². The van der Waals surface area contributed by atoms with Crippen molar-refractivity contribution in [3.05, 3.63) is 40.4 Å². The number of likely N-dealkylation sites (tertiary alicyclic amines) is 1. The summed E-state index contributed by atoms with van der Waals surface area (Å²) >= 11 is 0. The topological polar surface area (TPSA) is 40.5 Å². The van der Waals surface area contributed by atoms with Crippen LogP contribution in [0.25, 0.3) is 5.65 Å². The van der Waals surface area contributed by atoms with Gasteiger partial charge in [-0.2, -0.15) is 0 Å². The molecule has 4 heteroatoms. The van der Waals surface area contributed by atoms with Crippen LogP contribution in [0, 0.1) is 0 Å². The highest BCUT2D eigenvalue weighted by Crippen LogP contribution is 2.32. The lowest BCUT2D eigenvalue weighted by Crippen LogP contribution is -2.30. The van der Waals surface area contributed by atoms with Crippen LogP contribution in [0.5, 0.6) is 0 Å². The number of hydrogen-bond donors (Lipinski definition) is 1. The van der Waals surface area contributed by atoms with Crippen molar-refractivity contribution in [1.82, 2.24) is 14.3 Å². The average Bonchev–Trinajstić information content (AvgIpc) is 2.95. The third-order valence-corrected chi connectivity index (χ3v) is 3.85. The van der Waals surface area contributed by atoms with E-state index >= 15 is 0 Å². The number of aromatic nitrogens is 2. The van der Waals surface area contributed by atoms with Crippen molar-refractivity contribution in [3.63, 3.8) is 0 Å². The Hall–Kier alpha value is -1.55. The fourth-order valence-corrected chi connectivity index (χ4v) is 2.97. The maximum Gasteiger partial charge on any atom is 0.256 e. The van der Waals surface area contributed by atoms with Gasteiger partial charge in [0, 0.05) is 18.3 Å². The zero-order valence-electron chi connectivity index (χ0n) is 10.9. The van der Waals surface area contributed by atoms with Crippen LogP contribution in [0.2, 0.25) is 0 Å². The molecule has 96 valence electrons. The van der Waals surface area contributed by atoms with Crippen LogP contribution in [0.3, 0.4) is 0 Å². The predicted molar refractivity (Wildman–Crippen MR) is 71.8 cm³/mol. The lowest BCUT2D eigenvalue weighted by atomic mass is 10.1. The van der Waals surface area contributed by atoms with E-state index in [2.05, 4.69) is 23.7 Å². The van der Waals surface area contributed by atoms with Crippen LogP contribution < -0.4 is 5.56 Å². The molecule has 2 aromatic rings. The normalized spacial score (nSPS) is 21.2. The lowest BCUT2D eigenvalue weighted by Gasteiger charge is -2.27. The molecule has 0 saturated carbocycles. The molecule has 0 bridgehead atoms. The molecular weight excluding hydrogens is 226 g/mol. The first-order chi connectivity index (χ1) is 8.66. The number of imidazole rings is 1. The second-order valence-corrected chi connectivity index (χ2v) is 5.32. The Bertz CT molecular complexity index is 611. The van der Waals surface area contributed by atoms with Crippen LogP contribution in [0.4, 0.5) is 0 Å². The quantitative estimate of drug-likeness (QED) is 0.881. The van der Waals surface area contributed by atoms with Crippen molar-refractivity contribution >= 4 is 5.65 Å². The third kappa shape index (κ3) is 1.77. The van der Waals surface area contributed by atoms with Crippen molar-refractivity contribution in [2.75, 3.05) is 6.54 Å². The minimum absolute atomic E-state index is 0.0316. The van der Waals surface area contributed by atoms with Crippen LogP contribution in [-0.4, -0.2) is 26.9 Å². The molecule has 0 aliphatic carbocycles. The summed E-state index contributed by atoms with van der Waals surface area (Å²) in [4.78, 5) is 17.6. The number of nitrogens with one attached hydrogen (secondary N) is 1. The number of hydrogen-bond acceptors (Lipinski definition) is 2. The van der Waals surface area contributed by atoms with Crippen LogP contribution in [0.15, 0.2) is 29.2 Å². The molecule has 3 rings (SSSR count). The number of aromatic amines is 1. The summed E-state index contributed by atoms with van der Waals surface area (Å²) in [5.74, 6) is 0. The highest BCUT2D eigenvalue weighted by atomic mass is 16.1. The van der Waals surface area contributed by atoms with E-state index in [1.165, 1.54) is 12.8 Å². The molecule has 3 heterocycles. The smallest absolute Gasteiger partial charge is 0.256 e. The van der Waals surface area contributed by atoms with E-state index in [-0.39, 0.29) is 5.56 Å². The monoisotopic (exact) mass is 245 g/mol. The molecule has 1 atom stereocenters. The predicted octanol–water partition coefficient (Wildman–Crippen LogP) is 2.17. The molecule has 0 spiro atoms. The highest BCUT2D eigenvalue weighted by Gasteiger charge is 2.29. The Labute approximate surface area is 106 Å². The molecule has 1 saturated heterocycles. The van der Waals surface area contributed by atoms with Crippen molar-refractivity contribution in [2.45, 2.75) is 38.8 Å². The van der Waals surface area contributed by atoms with E-state index in [0.29, 0.717) is 12.1 Å². The van der Waals surface area contributed by atoms with Gasteiger partial charge in [0.1, 0.15) is 5.65 Å². The van der Waals surface area contributed by atoms with Gasteiger partial charge in [0.15, 0.2) is 0 Å². The molecule has 1 aliphatic rings. The Morgan fingerprint density at radius 2 is 2.22 bits per heavy atom. The molecule has 1 fully saturated rings. The maximum absolute atomic E-state index is 11.8. The standard InChI is InChI=1S/C14H19N3O/c1-10(2)16-8-4-5-12(16)11-9-17-13(15-11)6-3-7-14(17)18/h3,6-7,9-10,12,15H,4-5,8H2,1-2H3. The third-order valence-electron chi connectivity index (χ3n) is 3.85. The summed E-state index contributed by atoms with van der Waals surface area (Å²) < 4.78 is 1.70. The molecule has 18 heavy (non-hydrogen) atoms. The first-order valence-corrected chi connectivity index (χ1v) is 6.63. The van der Waals surface area contributed by atoms with Gasteiger partial charge < -0.3 is 4.98 Å². The minimum atomic E-state index is 0.0316. The maximum atomic E-state index is 11.8. The average molecular weight is 245 g/mol. The zero-order valence-corrected chi connectivity index (χ0v) is 10.9. The Morgan fingerprint density at radius 3 is 2.94 bits per heavy atom. The van der Waals surface area contributed by atoms with Crippen LogP contribution in [-0.2, 0) is 0 Å². The van der Waals surface area contributed by atoms with E-state index in [9.17, 15) is 4.79 Å². The second kappa shape index (κ2) is 4.28. The zero-order chi connectivity index (χ0) is 12.7. The van der Waals surface area contributed by atoms with Gasteiger partial charge in [0.25, 0.3) is 5.56 Å². The van der Waals surface area contributed by atoms with Crippen LogP contribution in [0.1, 0.15) is 38.4 Å². The number of rotatable bonds is 2. The van der Waals surface area contributed by atoms with Crippen LogP contribution >= 0.6 is 0 Å². The fourth-order valence-electron chi connectivity index (χ4n) is 2.97. The lowest BCUT2D eigenvalue weighted by molar-refractivity contribution is 0.202. The molecule has 0 amide bonds. The van der Waals surface area contributed by atoms with E-state index in [4.69, 9.17) is 0 Å². The SMILES string of the molecule is CC(C)N1CCCC1c1cn2c(=O)cccc2[nH]1. The molecule has 1 aliphatic heterocycles. The fraction of sp³-hybridized carbons (Fsp3) is 0.500. The van der Waals surface area contributed by atoms with Gasteiger partial charge in [-0.05, 0) is 39.3 Å². The highest BCUT2D eigenvalue weighted by molar-refractivity contribution is 5.40. The summed E-state index contributed by atoms with van der Waals surface area (Å²) in [6, 6.07) is 6.30. The molecular formula is C14H19N3O. The largest absolute Gasteiger partial charge is 0.342 e. The van der Waals surface area contributed by atoms with Gasteiger partial charge in [0.2, 0.25) is 0 Å². The van der Waals surface area contributed by atoms with E-state index in [0.717, 1.165) is 17.9 Å². The molecule has 0 aromatic carbocycles. The van der Waals surface area contributed by atoms with E-state index in [1.54, 1.807) is 16.5 Å². The minimum Gasteiger partial charge on any atom is -0.342 e. The van der Waals surface area contributed by atoms with Crippen molar-refractivity contribution in [3.8, 4) is 0 Å². The number of H-pyrrole nitrogens is 1. The van der Waals surface area contributed by atoms with Crippen molar-refractivity contribution in [1.29, 1.82) is 0 Å². The number of fused-ring (bicyclic) bond motifs is 1. The summed E-state index contributed by atoms with van der Waals surface area (Å²) in [7, 11) is 0. The van der Waals surface area contributed by atoms with Gasteiger partial charge in [0.05, 0.1) is 11.7 Å². The van der Waals surface area contributed by atoms with Crippen molar-refractivity contribution < 1.29 is 0 Å². The first kappa shape index (κ1) is 11.5. The Morgan fingerprint density at radius 1 is 1.39 bits per heavy atom. The molecule has 1 N–H and O–H groups in total. The summed E-state index contributed by atoms with van der Waals surface area (Å²) in [5, 5.41) is 0. The summed E-state index contributed by atoms with van der Waals surface area (Å²) in [6.45, 7) is 5.60. The summed E-state index contributed by atoms with van der Waals surface area (Å²) in [6.07, 6.45) is 4.36.